The van der Waals surface area contributed by atoms with Crippen LogP contribution < -0.4 is 4.74 Å². The Balaban J connectivity index is 2.24. The van der Waals surface area contributed by atoms with Crippen LogP contribution in [0.5, 0.6) is 5.75 Å². The van der Waals surface area contributed by atoms with Crippen LogP contribution in [0.25, 0.3) is 0 Å². The largest absolute Gasteiger partial charge is 0.489 e. The number of benzene rings is 1. The summed E-state index contributed by atoms with van der Waals surface area (Å²) in [6.45, 7) is 10.2. The van der Waals surface area contributed by atoms with E-state index in [9.17, 15) is 4.79 Å². The molecule has 25 heavy (non-hydrogen) atoms. The van der Waals surface area contributed by atoms with Gasteiger partial charge in [0.05, 0.1) is 11.3 Å². The van der Waals surface area contributed by atoms with Crippen molar-refractivity contribution in [2.24, 2.45) is 0 Å². The Hall–Kier alpha value is -2.36. The van der Waals surface area contributed by atoms with Gasteiger partial charge in [-0.3, -0.25) is 4.79 Å². The summed E-state index contributed by atoms with van der Waals surface area (Å²) in [5.41, 5.74) is 3.57. The SMILES string of the molecule is C=CCOc1ccccc1C(=O)n1nc(C)c(CCCCCC)c1C. The van der Waals surface area contributed by atoms with Gasteiger partial charge in [-0.15, -0.1) is 0 Å². The van der Waals surface area contributed by atoms with E-state index in [2.05, 4.69) is 18.6 Å². The predicted molar refractivity (Wildman–Crippen MR) is 101 cm³/mol. The molecule has 0 fully saturated rings. The fraction of sp³-hybridized carbons (Fsp3) is 0.429. The zero-order valence-electron chi connectivity index (χ0n) is 15.5. The predicted octanol–water partition coefficient (Wildman–Crippen LogP) is 4.88. The van der Waals surface area contributed by atoms with Gasteiger partial charge in [-0.05, 0) is 44.4 Å². The number of carbonyl (C=O) groups is 1. The number of unbranched alkanes of at least 4 members (excludes halogenated alkanes) is 3. The highest BCUT2D eigenvalue weighted by atomic mass is 16.5. The van der Waals surface area contributed by atoms with E-state index in [1.54, 1.807) is 18.2 Å². The van der Waals surface area contributed by atoms with Gasteiger partial charge >= 0.3 is 0 Å². The van der Waals surface area contributed by atoms with Crippen molar-refractivity contribution >= 4 is 5.91 Å². The average molecular weight is 340 g/mol. The maximum absolute atomic E-state index is 13.0. The van der Waals surface area contributed by atoms with Crippen LogP contribution in [0.2, 0.25) is 0 Å². The molecule has 1 heterocycles. The smallest absolute Gasteiger partial charge is 0.282 e. The van der Waals surface area contributed by atoms with Crippen LogP contribution in [0, 0.1) is 13.8 Å². The molecule has 0 amide bonds. The average Bonchev–Trinajstić information content (AvgIpc) is 2.91. The summed E-state index contributed by atoms with van der Waals surface area (Å²) in [6, 6.07) is 7.27. The number of carbonyl (C=O) groups excluding carboxylic acids is 1. The van der Waals surface area contributed by atoms with E-state index in [4.69, 9.17) is 4.74 Å². The first kappa shape index (κ1) is 19.0. The summed E-state index contributed by atoms with van der Waals surface area (Å²) in [5.74, 6) is 0.407. The van der Waals surface area contributed by atoms with Gasteiger partial charge in [0.15, 0.2) is 0 Å². The number of hydrogen-bond donors (Lipinski definition) is 0. The van der Waals surface area contributed by atoms with Crippen LogP contribution >= 0.6 is 0 Å². The molecule has 4 nitrogen and oxygen atoms in total. The molecule has 0 saturated heterocycles. The third-order valence-electron chi connectivity index (χ3n) is 4.39. The van der Waals surface area contributed by atoms with Gasteiger partial charge in [-0.2, -0.15) is 5.10 Å². The van der Waals surface area contributed by atoms with Crippen LogP contribution in [0.15, 0.2) is 36.9 Å². The lowest BCUT2D eigenvalue weighted by Gasteiger charge is -2.10. The van der Waals surface area contributed by atoms with Crippen LogP contribution in [0.1, 0.15) is 59.9 Å². The van der Waals surface area contributed by atoms with Crippen molar-refractivity contribution in [2.75, 3.05) is 6.61 Å². The lowest BCUT2D eigenvalue weighted by molar-refractivity contribution is 0.0938. The minimum atomic E-state index is -0.153. The molecule has 0 aliphatic rings. The summed E-state index contributed by atoms with van der Waals surface area (Å²) in [7, 11) is 0. The number of hydrogen-bond acceptors (Lipinski definition) is 3. The third-order valence-corrected chi connectivity index (χ3v) is 4.39. The Morgan fingerprint density at radius 2 is 2.00 bits per heavy atom. The van der Waals surface area contributed by atoms with Crippen LogP contribution in [0.3, 0.4) is 0 Å². The first-order chi connectivity index (χ1) is 12.1. The summed E-state index contributed by atoms with van der Waals surface area (Å²) >= 11 is 0. The molecule has 0 aliphatic carbocycles. The fourth-order valence-corrected chi connectivity index (χ4v) is 3.00. The molecule has 0 radical (unpaired) electrons. The highest BCUT2D eigenvalue weighted by molar-refractivity contribution is 5.98. The monoisotopic (exact) mass is 340 g/mol. The van der Waals surface area contributed by atoms with E-state index in [1.807, 2.05) is 26.0 Å². The Bertz CT molecular complexity index is 731. The van der Waals surface area contributed by atoms with Crippen LogP contribution in [0.4, 0.5) is 0 Å². The van der Waals surface area contributed by atoms with Gasteiger partial charge in [0.2, 0.25) is 0 Å². The molecule has 0 spiro atoms. The van der Waals surface area contributed by atoms with Gasteiger partial charge in [0.1, 0.15) is 12.4 Å². The second-order valence-corrected chi connectivity index (χ2v) is 6.27. The molecular weight excluding hydrogens is 312 g/mol. The van der Waals surface area contributed by atoms with Gasteiger partial charge in [-0.25, -0.2) is 4.68 Å². The first-order valence-corrected chi connectivity index (χ1v) is 9.02. The van der Waals surface area contributed by atoms with E-state index < -0.39 is 0 Å². The quantitative estimate of drug-likeness (QED) is 0.483. The molecule has 2 rings (SSSR count). The minimum absolute atomic E-state index is 0.153. The summed E-state index contributed by atoms with van der Waals surface area (Å²) < 4.78 is 7.13. The lowest BCUT2D eigenvalue weighted by atomic mass is 10.0. The number of para-hydroxylation sites is 1. The summed E-state index contributed by atoms with van der Waals surface area (Å²) in [6.07, 6.45) is 7.45. The van der Waals surface area contributed by atoms with Gasteiger partial charge in [0, 0.05) is 5.69 Å². The lowest BCUT2D eigenvalue weighted by Crippen LogP contribution is -2.17. The standard InChI is InChI=1S/C21H28N2O2/c1-5-7-8-9-12-18-16(3)22-23(17(18)4)21(24)19-13-10-11-14-20(19)25-15-6-2/h6,10-11,13-14H,2,5,7-9,12,15H2,1,3-4H3. The summed E-state index contributed by atoms with van der Waals surface area (Å²) in [4.78, 5) is 13.0. The fourth-order valence-electron chi connectivity index (χ4n) is 3.00. The van der Waals surface area contributed by atoms with Crippen molar-refractivity contribution in [3.63, 3.8) is 0 Å². The Labute approximate surface area is 150 Å². The molecule has 0 N–H and O–H groups in total. The Kier molecular flexibility index (Phi) is 6.99. The summed E-state index contributed by atoms with van der Waals surface area (Å²) in [5, 5.41) is 4.50. The Morgan fingerprint density at radius 3 is 2.72 bits per heavy atom. The molecule has 0 bridgehead atoms. The van der Waals surface area contributed by atoms with Crippen molar-refractivity contribution in [1.29, 1.82) is 0 Å². The second kappa shape index (κ2) is 9.21. The molecule has 1 aromatic heterocycles. The normalized spacial score (nSPS) is 10.7. The molecular formula is C21H28N2O2. The molecule has 0 atom stereocenters. The van der Waals surface area contributed by atoms with E-state index in [-0.39, 0.29) is 5.91 Å². The molecule has 0 aliphatic heterocycles. The van der Waals surface area contributed by atoms with Gasteiger partial charge in [-0.1, -0.05) is 51.0 Å². The topological polar surface area (TPSA) is 44.1 Å². The van der Waals surface area contributed by atoms with E-state index >= 15 is 0 Å². The zero-order valence-corrected chi connectivity index (χ0v) is 15.5. The minimum Gasteiger partial charge on any atom is -0.489 e. The number of aromatic nitrogens is 2. The zero-order chi connectivity index (χ0) is 18.2. The number of aryl methyl sites for hydroxylation is 1. The number of nitrogens with zero attached hydrogens (tertiary/aromatic N) is 2. The maximum Gasteiger partial charge on any atom is 0.282 e. The molecule has 0 unspecified atom stereocenters. The van der Waals surface area contributed by atoms with Crippen molar-refractivity contribution in [1.82, 2.24) is 9.78 Å². The van der Waals surface area contributed by atoms with Crippen molar-refractivity contribution in [2.45, 2.75) is 52.9 Å². The van der Waals surface area contributed by atoms with Crippen molar-refractivity contribution in [3.8, 4) is 5.75 Å². The first-order valence-electron chi connectivity index (χ1n) is 9.02. The highest BCUT2D eigenvalue weighted by Gasteiger charge is 2.20. The molecule has 1 aromatic carbocycles. The Morgan fingerprint density at radius 1 is 1.24 bits per heavy atom. The molecule has 134 valence electrons. The maximum atomic E-state index is 13.0. The molecule has 4 heteroatoms. The number of rotatable bonds is 9. The molecule has 2 aromatic rings. The molecule has 0 saturated carbocycles. The van der Waals surface area contributed by atoms with Crippen molar-refractivity contribution in [3.05, 3.63) is 59.4 Å². The van der Waals surface area contributed by atoms with E-state index in [0.717, 1.165) is 24.2 Å². The van der Waals surface area contributed by atoms with E-state index in [0.29, 0.717) is 17.9 Å². The van der Waals surface area contributed by atoms with Gasteiger partial charge in [0.25, 0.3) is 5.91 Å². The van der Waals surface area contributed by atoms with Crippen LogP contribution in [-0.4, -0.2) is 22.3 Å². The van der Waals surface area contributed by atoms with E-state index in [1.165, 1.54) is 29.5 Å². The van der Waals surface area contributed by atoms with Crippen molar-refractivity contribution < 1.29 is 9.53 Å². The highest BCUT2D eigenvalue weighted by Crippen LogP contribution is 2.22. The third kappa shape index (κ3) is 4.59. The van der Waals surface area contributed by atoms with Gasteiger partial charge < -0.3 is 4.74 Å². The van der Waals surface area contributed by atoms with Crippen LogP contribution in [-0.2, 0) is 6.42 Å². The second-order valence-electron chi connectivity index (χ2n) is 6.27. The number of ether oxygens (including phenoxy) is 1.